The summed E-state index contributed by atoms with van der Waals surface area (Å²) in [6.45, 7) is 0. The molecule has 0 aliphatic carbocycles. The molecule has 0 unspecified atom stereocenters. The van der Waals surface area contributed by atoms with Crippen LogP contribution in [0.5, 0.6) is 11.5 Å². The lowest BCUT2D eigenvalue weighted by Crippen LogP contribution is -2.16. The minimum atomic E-state index is -0.461. The summed E-state index contributed by atoms with van der Waals surface area (Å²) < 4.78 is 5.37. The summed E-state index contributed by atoms with van der Waals surface area (Å²) in [6.07, 6.45) is 0.313. The van der Waals surface area contributed by atoms with Crippen molar-refractivity contribution in [1.82, 2.24) is 0 Å². The third kappa shape index (κ3) is 3.53. The third-order valence-electron chi connectivity index (χ3n) is 4.50. The van der Waals surface area contributed by atoms with Gasteiger partial charge < -0.3 is 9.84 Å². The summed E-state index contributed by atoms with van der Waals surface area (Å²) in [5, 5.41) is 14.8. The average Bonchev–Trinajstić information content (AvgIpc) is 3.01. The summed E-state index contributed by atoms with van der Waals surface area (Å²) >= 11 is 0. The summed E-state index contributed by atoms with van der Waals surface area (Å²) in [7, 11) is 0. The van der Waals surface area contributed by atoms with Gasteiger partial charge in [0.05, 0.1) is 17.3 Å². The van der Waals surface area contributed by atoms with Gasteiger partial charge in [-0.3, -0.25) is 10.2 Å². The first-order valence-corrected chi connectivity index (χ1v) is 8.69. The zero-order valence-corrected chi connectivity index (χ0v) is 14.5. The Balaban J connectivity index is 1.68. The SMILES string of the molecule is O=C1Oc2ccccc2[C@@H]1C/C(=N/Nc1ccccc1)c1ccccc1O. The van der Waals surface area contributed by atoms with Gasteiger partial charge in [0.1, 0.15) is 11.5 Å². The van der Waals surface area contributed by atoms with Crippen LogP contribution in [0.15, 0.2) is 84.0 Å². The van der Waals surface area contributed by atoms with E-state index in [1.165, 1.54) is 0 Å². The Morgan fingerprint density at radius 2 is 1.67 bits per heavy atom. The second kappa shape index (κ2) is 7.33. The number of anilines is 1. The predicted molar refractivity (Wildman–Crippen MR) is 104 cm³/mol. The van der Waals surface area contributed by atoms with Crippen LogP contribution in [0.1, 0.15) is 23.5 Å². The fourth-order valence-corrected chi connectivity index (χ4v) is 3.13. The van der Waals surface area contributed by atoms with Gasteiger partial charge in [-0.05, 0) is 30.3 Å². The first-order valence-electron chi connectivity index (χ1n) is 8.69. The number of hydrazone groups is 1. The van der Waals surface area contributed by atoms with E-state index < -0.39 is 5.92 Å². The molecule has 1 aliphatic rings. The van der Waals surface area contributed by atoms with Gasteiger partial charge in [0.25, 0.3) is 0 Å². The van der Waals surface area contributed by atoms with Crippen molar-refractivity contribution in [3.05, 3.63) is 90.0 Å². The Kier molecular flexibility index (Phi) is 4.58. The molecule has 0 saturated carbocycles. The van der Waals surface area contributed by atoms with Crippen LogP contribution in [-0.4, -0.2) is 16.8 Å². The lowest BCUT2D eigenvalue weighted by Gasteiger charge is -2.13. The lowest BCUT2D eigenvalue weighted by molar-refractivity contribution is -0.133. The predicted octanol–water partition coefficient (Wildman–Crippen LogP) is 4.30. The van der Waals surface area contributed by atoms with Gasteiger partial charge in [-0.25, -0.2) is 0 Å². The molecule has 0 bridgehead atoms. The van der Waals surface area contributed by atoms with Crippen molar-refractivity contribution in [1.29, 1.82) is 0 Å². The number of rotatable bonds is 5. The molecule has 1 aliphatic heterocycles. The molecule has 0 spiro atoms. The Bertz CT molecular complexity index is 999. The van der Waals surface area contributed by atoms with Crippen LogP contribution in [0, 0.1) is 0 Å². The molecule has 1 heterocycles. The number of nitrogens with zero attached hydrogens (tertiary/aromatic N) is 1. The molecule has 0 fully saturated rings. The Morgan fingerprint density at radius 1 is 0.963 bits per heavy atom. The maximum absolute atomic E-state index is 12.4. The van der Waals surface area contributed by atoms with Crippen LogP contribution in [0.2, 0.25) is 0 Å². The van der Waals surface area contributed by atoms with Crippen molar-refractivity contribution >= 4 is 17.4 Å². The zero-order valence-electron chi connectivity index (χ0n) is 14.5. The van der Waals surface area contributed by atoms with Crippen LogP contribution in [0.25, 0.3) is 0 Å². The van der Waals surface area contributed by atoms with Gasteiger partial charge in [-0.15, -0.1) is 0 Å². The fraction of sp³-hybridized carbons (Fsp3) is 0.0909. The summed E-state index contributed by atoms with van der Waals surface area (Å²) in [4.78, 5) is 12.4. The van der Waals surface area contributed by atoms with E-state index in [9.17, 15) is 9.90 Å². The Labute approximate surface area is 156 Å². The van der Waals surface area contributed by atoms with Crippen molar-refractivity contribution in [2.75, 3.05) is 5.43 Å². The maximum Gasteiger partial charge on any atom is 0.319 e. The monoisotopic (exact) mass is 358 g/mol. The van der Waals surface area contributed by atoms with Crippen LogP contribution in [0.4, 0.5) is 5.69 Å². The molecule has 3 aromatic carbocycles. The fourth-order valence-electron chi connectivity index (χ4n) is 3.13. The van der Waals surface area contributed by atoms with Crippen LogP contribution in [-0.2, 0) is 4.79 Å². The molecule has 0 amide bonds. The van der Waals surface area contributed by atoms with Crippen molar-refractivity contribution in [3.63, 3.8) is 0 Å². The van der Waals surface area contributed by atoms with E-state index in [0.29, 0.717) is 23.4 Å². The molecule has 0 radical (unpaired) electrons. The molecule has 4 rings (SSSR count). The number of phenolic OH excluding ortho intramolecular Hbond substituents is 1. The molecule has 2 N–H and O–H groups in total. The van der Waals surface area contributed by atoms with Gasteiger partial charge in [-0.2, -0.15) is 5.10 Å². The van der Waals surface area contributed by atoms with Crippen LogP contribution < -0.4 is 10.2 Å². The number of carbonyl (C=O) groups is 1. The maximum atomic E-state index is 12.4. The van der Waals surface area contributed by atoms with E-state index in [4.69, 9.17) is 4.74 Å². The number of ether oxygens (including phenoxy) is 1. The van der Waals surface area contributed by atoms with E-state index in [0.717, 1.165) is 11.3 Å². The van der Waals surface area contributed by atoms with E-state index in [2.05, 4.69) is 10.5 Å². The third-order valence-corrected chi connectivity index (χ3v) is 4.50. The van der Waals surface area contributed by atoms with E-state index in [-0.39, 0.29) is 11.7 Å². The smallest absolute Gasteiger partial charge is 0.319 e. The molecule has 134 valence electrons. The highest BCUT2D eigenvalue weighted by Crippen LogP contribution is 2.38. The molecule has 1 atom stereocenters. The molecule has 5 heteroatoms. The lowest BCUT2D eigenvalue weighted by atomic mass is 9.92. The zero-order chi connectivity index (χ0) is 18.6. The van der Waals surface area contributed by atoms with Gasteiger partial charge in [-0.1, -0.05) is 48.5 Å². The number of para-hydroxylation sites is 3. The van der Waals surface area contributed by atoms with Crippen LogP contribution >= 0.6 is 0 Å². The Morgan fingerprint density at radius 3 is 2.48 bits per heavy atom. The van der Waals surface area contributed by atoms with E-state index in [1.807, 2.05) is 54.6 Å². The largest absolute Gasteiger partial charge is 0.507 e. The number of esters is 1. The van der Waals surface area contributed by atoms with Gasteiger partial charge in [0.15, 0.2) is 0 Å². The molecule has 27 heavy (non-hydrogen) atoms. The molecular weight excluding hydrogens is 340 g/mol. The number of carbonyl (C=O) groups excluding carboxylic acids is 1. The molecule has 5 nitrogen and oxygen atoms in total. The Hall–Kier alpha value is -3.60. The quantitative estimate of drug-likeness (QED) is 0.309. The number of aromatic hydroxyl groups is 1. The average molecular weight is 358 g/mol. The minimum absolute atomic E-state index is 0.116. The highest BCUT2D eigenvalue weighted by Gasteiger charge is 2.34. The second-order valence-electron chi connectivity index (χ2n) is 6.27. The van der Waals surface area contributed by atoms with Gasteiger partial charge in [0.2, 0.25) is 0 Å². The molecule has 0 aromatic heterocycles. The summed E-state index contributed by atoms with van der Waals surface area (Å²) in [5.41, 5.74) is 5.83. The van der Waals surface area contributed by atoms with E-state index >= 15 is 0 Å². The second-order valence-corrected chi connectivity index (χ2v) is 6.27. The first-order chi connectivity index (χ1) is 13.2. The number of hydrogen-bond donors (Lipinski definition) is 2. The molecular formula is C22H18N2O3. The van der Waals surface area contributed by atoms with Crippen molar-refractivity contribution in [2.45, 2.75) is 12.3 Å². The number of fused-ring (bicyclic) bond motifs is 1. The highest BCUT2D eigenvalue weighted by atomic mass is 16.5. The first kappa shape index (κ1) is 16.8. The van der Waals surface area contributed by atoms with Crippen molar-refractivity contribution < 1.29 is 14.6 Å². The highest BCUT2D eigenvalue weighted by molar-refractivity contribution is 6.06. The standard InChI is InChI=1S/C22H18N2O3/c25-20-12-6-4-11-17(20)19(24-23-15-8-2-1-3-9-15)14-18-16-10-5-7-13-21(16)27-22(18)26/h1-13,18,23,25H,14H2/b24-19-/t18-/m0/s1. The van der Waals surface area contributed by atoms with Gasteiger partial charge in [0, 0.05) is 17.5 Å². The number of nitrogens with one attached hydrogen (secondary N) is 1. The van der Waals surface area contributed by atoms with Crippen molar-refractivity contribution in [2.24, 2.45) is 5.10 Å². The molecule has 0 saturated heterocycles. The summed E-state index contributed by atoms with van der Waals surface area (Å²) in [5.74, 6) is -0.0675. The van der Waals surface area contributed by atoms with E-state index in [1.54, 1.807) is 24.3 Å². The van der Waals surface area contributed by atoms with Gasteiger partial charge >= 0.3 is 5.97 Å². The number of phenols is 1. The number of hydrogen-bond acceptors (Lipinski definition) is 5. The van der Waals surface area contributed by atoms with Crippen molar-refractivity contribution in [3.8, 4) is 11.5 Å². The summed E-state index contributed by atoms with van der Waals surface area (Å²) in [6, 6.07) is 23.9. The topological polar surface area (TPSA) is 70.9 Å². The molecule has 3 aromatic rings. The minimum Gasteiger partial charge on any atom is -0.507 e. The number of benzene rings is 3. The normalized spacial score (nSPS) is 15.9. The van der Waals surface area contributed by atoms with Crippen LogP contribution in [0.3, 0.4) is 0 Å².